The van der Waals surface area contributed by atoms with E-state index in [4.69, 9.17) is 0 Å². The average molecular weight is 389 g/mol. The van der Waals surface area contributed by atoms with E-state index < -0.39 is 35.5 Å². The van der Waals surface area contributed by atoms with E-state index in [2.05, 4.69) is 10.6 Å². The second-order valence-electron chi connectivity index (χ2n) is 6.72. The Kier molecular flexibility index (Phi) is 5.89. The first kappa shape index (κ1) is 19.8. The van der Waals surface area contributed by atoms with Gasteiger partial charge in [-0.2, -0.15) is 0 Å². The maximum Gasteiger partial charge on any atom is 0.319 e. The lowest BCUT2D eigenvalue weighted by molar-refractivity contribution is -0.129. The topological polar surface area (TPSA) is 81.7 Å². The van der Waals surface area contributed by atoms with Crippen molar-refractivity contribution in [1.29, 1.82) is 0 Å². The Labute approximate surface area is 161 Å². The van der Waals surface area contributed by atoms with Crippen molar-refractivity contribution in [2.24, 2.45) is 0 Å². The van der Waals surface area contributed by atoms with Crippen LogP contribution in [-0.4, -0.2) is 47.7 Å². The molecule has 2 aromatic carbocycles. The standard InChI is InChI=1S/C20H21F2N3O3/c1-12-2-7-15(17(22)10-12)16-11-25(8-9-26)19(27)18(16)24-20(28)23-14-5-3-13(21)4-6-14/h2-7,10,16,18,26H,8-9,11H2,1H3,(H2,23,24,28)/t16-,18-/m0/s1. The first-order chi connectivity index (χ1) is 13.4. The Morgan fingerprint density at radius 3 is 2.57 bits per heavy atom. The van der Waals surface area contributed by atoms with Crippen LogP contribution in [0.5, 0.6) is 0 Å². The van der Waals surface area contributed by atoms with Crippen LogP contribution >= 0.6 is 0 Å². The summed E-state index contributed by atoms with van der Waals surface area (Å²) in [5, 5.41) is 14.3. The third-order valence-corrected chi connectivity index (χ3v) is 4.71. The summed E-state index contributed by atoms with van der Waals surface area (Å²) in [5.41, 5.74) is 1.43. The molecule has 6 nitrogen and oxygen atoms in total. The van der Waals surface area contributed by atoms with E-state index in [9.17, 15) is 23.5 Å². The number of aliphatic hydroxyl groups is 1. The Bertz CT molecular complexity index is 873. The van der Waals surface area contributed by atoms with E-state index in [1.165, 1.54) is 35.2 Å². The third kappa shape index (κ3) is 4.28. The number of urea groups is 1. The highest BCUT2D eigenvalue weighted by Gasteiger charge is 2.42. The fraction of sp³-hybridized carbons (Fsp3) is 0.300. The van der Waals surface area contributed by atoms with Crippen molar-refractivity contribution >= 4 is 17.6 Å². The summed E-state index contributed by atoms with van der Waals surface area (Å²) in [6, 6.07) is 8.27. The van der Waals surface area contributed by atoms with Gasteiger partial charge in [-0.25, -0.2) is 13.6 Å². The number of carbonyl (C=O) groups is 2. The van der Waals surface area contributed by atoms with Crippen molar-refractivity contribution in [2.75, 3.05) is 25.0 Å². The molecule has 0 saturated carbocycles. The molecule has 1 saturated heterocycles. The molecule has 1 heterocycles. The number of aliphatic hydroxyl groups excluding tert-OH is 1. The number of hydrogen-bond acceptors (Lipinski definition) is 3. The van der Waals surface area contributed by atoms with Gasteiger partial charge in [0, 0.05) is 24.7 Å². The molecule has 0 bridgehead atoms. The Morgan fingerprint density at radius 2 is 1.93 bits per heavy atom. The molecule has 3 rings (SSSR count). The molecule has 8 heteroatoms. The number of amides is 3. The number of β-amino-alcohol motifs (C(OH)–C–C–N with tert-alkyl or cyclic N) is 1. The van der Waals surface area contributed by atoms with Crippen molar-refractivity contribution < 1.29 is 23.5 Å². The summed E-state index contributed by atoms with van der Waals surface area (Å²) in [5.74, 6) is -1.88. The first-order valence-electron chi connectivity index (χ1n) is 8.88. The van der Waals surface area contributed by atoms with Crippen LogP contribution < -0.4 is 10.6 Å². The van der Waals surface area contributed by atoms with Crippen molar-refractivity contribution in [3.63, 3.8) is 0 Å². The van der Waals surface area contributed by atoms with Gasteiger partial charge in [-0.1, -0.05) is 12.1 Å². The van der Waals surface area contributed by atoms with Crippen molar-refractivity contribution in [3.8, 4) is 0 Å². The molecule has 2 atom stereocenters. The van der Waals surface area contributed by atoms with Gasteiger partial charge in [-0.15, -0.1) is 0 Å². The molecule has 1 aliphatic heterocycles. The van der Waals surface area contributed by atoms with Crippen LogP contribution in [0.1, 0.15) is 17.0 Å². The largest absolute Gasteiger partial charge is 0.395 e. The van der Waals surface area contributed by atoms with Crippen LogP contribution in [0.4, 0.5) is 19.3 Å². The fourth-order valence-corrected chi connectivity index (χ4v) is 3.34. The van der Waals surface area contributed by atoms with Crippen LogP contribution in [0.3, 0.4) is 0 Å². The minimum absolute atomic E-state index is 0.0978. The number of halogens is 2. The zero-order valence-electron chi connectivity index (χ0n) is 15.3. The molecule has 0 aliphatic carbocycles. The number of benzene rings is 2. The summed E-state index contributed by atoms with van der Waals surface area (Å²) in [4.78, 5) is 26.4. The number of likely N-dealkylation sites (tertiary alicyclic amines) is 1. The van der Waals surface area contributed by atoms with Gasteiger partial charge in [-0.05, 0) is 48.4 Å². The number of anilines is 1. The number of nitrogens with one attached hydrogen (secondary N) is 2. The van der Waals surface area contributed by atoms with Crippen molar-refractivity contribution in [3.05, 3.63) is 65.2 Å². The number of aryl methyl sites for hydroxylation is 1. The lowest BCUT2D eigenvalue weighted by Gasteiger charge is -2.19. The highest BCUT2D eigenvalue weighted by Crippen LogP contribution is 2.31. The highest BCUT2D eigenvalue weighted by molar-refractivity contribution is 5.95. The molecular weight excluding hydrogens is 368 g/mol. The fourth-order valence-electron chi connectivity index (χ4n) is 3.34. The first-order valence-corrected chi connectivity index (χ1v) is 8.88. The van der Waals surface area contributed by atoms with Gasteiger partial charge in [0.1, 0.15) is 17.7 Å². The van der Waals surface area contributed by atoms with E-state index in [0.717, 1.165) is 5.56 Å². The third-order valence-electron chi connectivity index (χ3n) is 4.71. The molecule has 1 aliphatic rings. The van der Waals surface area contributed by atoms with Gasteiger partial charge in [0.15, 0.2) is 0 Å². The Morgan fingerprint density at radius 1 is 1.21 bits per heavy atom. The molecule has 0 aromatic heterocycles. The van der Waals surface area contributed by atoms with Gasteiger partial charge in [-0.3, -0.25) is 4.79 Å². The summed E-state index contributed by atoms with van der Waals surface area (Å²) in [7, 11) is 0. The van der Waals surface area contributed by atoms with E-state index in [1.54, 1.807) is 19.1 Å². The van der Waals surface area contributed by atoms with Crippen molar-refractivity contribution in [2.45, 2.75) is 18.9 Å². The number of nitrogens with zero attached hydrogens (tertiary/aromatic N) is 1. The zero-order chi connectivity index (χ0) is 20.3. The quantitative estimate of drug-likeness (QED) is 0.734. The number of hydrogen-bond donors (Lipinski definition) is 3. The highest BCUT2D eigenvalue weighted by atomic mass is 19.1. The zero-order valence-corrected chi connectivity index (χ0v) is 15.3. The van der Waals surface area contributed by atoms with E-state index in [-0.39, 0.29) is 19.7 Å². The smallest absolute Gasteiger partial charge is 0.319 e. The summed E-state index contributed by atoms with van der Waals surface area (Å²) in [6.07, 6.45) is 0. The Hall–Kier alpha value is -3.00. The molecule has 1 fully saturated rings. The van der Waals surface area contributed by atoms with Gasteiger partial charge in [0.25, 0.3) is 0 Å². The van der Waals surface area contributed by atoms with Crippen LogP contribution in [-0.2, 0) is 4.79 Å². The molecule has 28 heavy (non-hydrogen) atoms. The minimum Gasteiger partial charge on any atom is -0.395 e. The van der Waals surface area contributed by atoms with E-state index >= 15 is 0 Å². The van der Waals surface area contributed by atoms with Crippen LogP contribution in [0, 0.1) is 18.6 Å². The second-order valence-corrected chi connectivity index (χ2v) is 6.72. The molecule has 0 radical (unpaired) electrons. The normalized spacial score (nSPS) is 19.0. The molecule has 3 amide bonds. The Balaban J connectivity index is 1.80. The van der Waals surface area contributed by atoms with Gasteiger partial charge >= 0.3 is 6.03 Å². The number of rotatable bonds is 5. The molecular formula is C20H21F2N3O3. The lowest BCUT2D eigenvalue weighted by Crippen LogP contribution is -2.45. The summed E-state index contributed by atoms with van der Waals surface area (Å²) < 4.78 is 27.5. The molecule has 0 unspecified atom stereocenters. The molecule has 148 valence electrons. The van der Waals surface area contributed by atoms with E-state index in [1.807, 2.05) is 0 Å². The molecule has 0 spiro atoms. The summed E-state index contributed by atoms with van der Waals surface area (Å²) in [6.45, 7) is 1.81. The van der Waals surface area contributed by atoms with Crippen LogP contribution in [0.15, 0.2) is 42.5 Å². The second kappa shape index (κ2) is 8.35. The van der Waals surface area contributed by atoms with Crippen molar-refractivity contribution in [1.82, 2.24) is 10.2 Å². The van der Waals surface area contributed by atoms with E-state index in [0.29, 0.717) is 11.3 Å². The molecule has 2 aromatic rings. The van der Waals surface area contributed by atoms with Gasteiger partial charge < -0.3 is 20.6 Å². The van der Waals surface area contributed by atoms with Crippen LogP contribution in [0.2, 0.25) is 0 Å². The summed E-state index contributed by atoms with van der Waals surface area (Å²) >= 11 is 0. The predicted octanol–water partition coefficient (Wildman–Crippen LogP) is 2.38. The number of carbonyl (C=O) groups excluding carboxylic acids is 2. The van der Waals surface area contributed by atoms with Gasteiger partial charge in [0.05, 0.1) is 6.61 Å². The van der Waals surface area contributed by atoms with Crippen LogP contribution in [0.25, 0.3) is 0 Å². The maximum absolute atomic E-state index is 14.5. The monoisotopic (exact) mass is 389 g/mol. The SMILES string of the molecule is Cc1ccc([C@@H]2CN(CCO)C(=O)[C@H]2NC(=O)Nc2ccc(F)cc2)c(F)c1. The maximum atomic E-state index is 14.5. The van der Waals surface area contributed by atoms with Gasteiger partial charge in [0.2, 0.25) is 5.91 Å². The lowest BCUT2D eigenvalue weighted by atomic mass is 9.93. The molecule has 3 N–H and O–H groups in total. The minimum atomic E-state index is -0.982. The average Bonchev–Trinajstić information content (AvgIpc) is 2.93. The predicted molar refractivity (Wildman–Crippen MR) is 99.9 cm³/mol.